The van der Waals surface area contributed by atoms with E-state index in [0.717, 1.165) is 0 Å². The van der Waals surface area contributed by atoms with E-state index in [4.69, 9.17) is 5.26 Å². The predicted molar refractivity (Wildman–Crippen MR) is 70.6 cm³/mol. The summed E-state index contributed by atoms with van der Waals surface area (Å²) in [5.74, 6) is -0.565. The van der Waals surface area contributed by atoms with Gasteiger partial charge in [-0.25, -0.2) is 4.39 Å². The third kappa shape index (κ3) is 3.54. The summed E-state index contributed by atoms with van der Waals surface area (Å²) in [5.41, 5.74) is 0.715. The summed E-state index contributed by atoms with van der Waals surface area (Å²) in [6.07, 6.45) is 0. The van der Waals surface area contributed by atoms with E-state index in [1.807, 2.05) is 6.07 Å². The summed E-state index contributed by atoms with van der Waals surface area (Å²) in [6.45, 7) is 3.59. The van der Waals surface area contributed by atoms with Crippen LogP contribution in [0.25, 0.3) is 0 Å². The number of hydrogen-bond donors (Lipinski definition) is 0. The molecule has 1 rings (SSSR count). The van der Waals surface area contributed by atoms with E-state index >= 15 is 0 Å². The molecule has 0 aromatic heterocycles. The summed E-state index contributed by atoms with van der Waals surface area (Å²) in [5, 5.41) is 8.77. The van der Waals surface area contributed by atoms with E-state index in [9.17, 15) is 9.18 Å². The number of halogens is 2. The third-order valence-electron chi connectivity index (χ3n) is 2.44. The fourth-order valence-corrected chi connectivity index (χ4v) is 1.85. The number of nitrogens with zero attached hydrogens (tertiary/aromatic N) is 2. The second kappa shape index (κ2) is 5.49. The SMILES string of the molecule is CN(Cc1cc(C#N)ccc1F)C(=O)C(C)(C)Br. The van der Waals surface area contributed by atoms with Gasteiger partial charge in [0.15, 0.2) is 0 Å². The standard InChI is InChI=1S/C13H14BrFN2O/c1-13(2,14)12(18)17(3)8-10-6-9(7-16)4-5-11(10)15/h4-6H,8H2,1-3H3. The van der Waals surface area contributed by atoms with E-state index in [-0.39, 0.29) is 12.5 Å². The van der Waals surface area contributed by atoms with Gasteiger partial charge in [-0.3, -0.25) is 4.79 Å². The second-order valence-electron chi connectivity index (χ2n) is 4.55. The van der Waals surface area contributed by atoms with Crippen molar-refractivity contribution in [2.45, 2.75) is 24.7 Å². The first-order valence-corrected chi connectivity index (χ1v) is 6.18. The van der Waals surface area contributed by atoms with E-state index in [2.05, 4.69) is 15.9 Å². The Balaban J connectivity index is 2.92. The molecule has 0 heterocycles. The lowest BCUT2D eigenvalue weighted by Gasteiger charge is -2.24. The van der Waals surface area contributed by atoms with Crippen LogP contribution in [0.1, 0.15) is 25.0 Å². The largest absolute Gasteiger partial charge is 0.340 e. The molecule has 0 radical (unpaired) electrons. The molecule has 5 heteroatoms. The minimum absolute atomic E-state index is 0.134. The van der Waals surface area contributed by atoms with Gasteiger partial charge in [0, 0.05) is 19.2 Å². The van der Waals surface area contributed by atoms with Crippen LogP contribution < -0.4 is 0 Å². The van der Waals surface area contributed by atoms with E-state index in [1.165, 1.54) is 23.1 Å². The van der Waals surface area contributed by atoms with Crippen LogP contribution in [-0.4, -0.2) is 22.2 Å². The van der Waals surface area contributed by atoms with Crippen LogP contribution in [0, 0.1) is 17.1 Å². The molecule has 3 nitrogen and oxygen atoms in total. The van der Waals surface area contributed by atoms with E-state index in [1.54, 1.807) is 20.9 Å². The predicted octanol–water partition coefficient (Wildman–Crippen LogP) is 2.83. The highest BCUT2D eigenvalue weighted by molar-refractivity contribution is 9.10. The molecule has 0 aliphatic heterocycles. The Labute approximate surface area is 114 Å². The quantitative estimate of drug-likeness (QED) is 0.806. The van der Waals surface area contributed by atoms with Crippen molar-refractivity contribution >= 4 is 21.8 Å². The number of alkyl halides is 1. The Morgan fingerprint density at radius 3 is 2.67 bits per heavy atom. The molecule has 0 N–H and O–H groups in total. The van der Waals surface area contributed by atoms with Gasteiger partial charge < -0.3 is 4.90 Å². The van der Waals surface area contributed by atoms with Crippen LogP contribution in [0.5, 0.6) is 0 Å². The molecule has 0 saturated heterocycles. The van der Waals surface area contributed by atoms with Crippen molar-refractivity contribution < 1.29 is 9.18 Å². The number of nitriles is 1. The van der Waals surface area contributed by atoms with Crippen LogP contribution in [-0.2, 0) is 11.3 Å². The molecule has 0 spiro atoms. The average Bonchev–Trinajstić information content (AvgIpc) is 2.29. The summed E-state index contributed by atoms with van der Waals surface area (Å²) in [4.78, 5) is 13.4. The second-order valence-corrected chi connectivity index (χ2v) is 6.53. The van der Waals surface area contributed by atoms with Gasteiger partial charge in [-0.15, -0.1) is 0 Å². The number of hydrogen-bond acceptors (Lipinski definition) is 2. The zero-order valence-corrected chi connectivity index (χ0v) is 12.1. The number of benzene rings is 1. The van der Waals surface area contributed by atoms with Gasteiger partial charge in [0.05, 0.1) is 16.0 Å². The van der Waals surface area contributed by atoms with Gasteiger partial charge in [-0.1, -0.05) is 15.9 Å². The monoisotopic (exact) mass is 312 g/mol. The first-order valence-electron chi connectivity index (χ1n) is 5.38. The summed E-state index contributed by atoms with van der Waals surface area (Å²) in [6, 6.07) is 6.06. The number of carbonyl (C=O) groups excluding carboxylic acids is 1. The van der Waals surface area contributed by atoms with Gasteiger partial charge in [0.2, 0.25) is 5.91 Å². The summed E-state index contributed by atoms with van der Waals surface area (Å²) < 4.78 is 12.9. The number of rotatable bonds is 3. The van der Waals surface area contributed by atoms with E-state index < -0.39 is 10.1 Å². The maximum atomic E-state index is 13.6. The Kier molecular flexibility index (Phi) is 4.47. The third-order valence-corrected chi connectivity index (χ3v) is 2.78. The molecule has 18 heavy (non-hydrogen) atoms. The van der Waals surface area contributed by atoms with Crippen molar-refractivity contribution in [1.82, 2.24) is 4.90 Å². The van der Waals surface area contributed by atoms with Crippen molar-refractivity contribution in [3.8, 4) is 6.07 Å². The van der Waals surface area contributed by atoms with Gasteiger partial charge >= 0.3 is 0 Å². The van der Waals surface area contributed by atoms with Crippen molar-refractivity contribution in [3.05, 3.63) is 35.1 Å². The lowest BCUT2D eigenvalue weighted by Crippen LogP contribution is -2.38. The van der Waals surface area contributed by atoms with Crippen molar-refractivity contribution in [2.75, 3.05) is 7.05 Å². The van der Waals surface area contributed by atoms with Gasteiger partial charge in [-0.05, 0) is 32.0 Å². The lowest BCUT2D eigenvalue weighted by molar-refractivity contribution is -0.132. The molecule has 0 fully saturated rings. The minimum Gasteiger partial charge on any atom is -0.340 e. The highest BCUT2D eigenvalue weighted by atomic mass is 79.9. The van der Waals surface area contributed by atoms with Crippen LogP contribution in [0.2, 0.25) is 0 Å². The minimum atomic E-state index is -0.689. The molecule has 1 aromatic rings. The van der Waals surface area contributed by atoms with Crippen LogP contribution in [0.4, 0.5) is 4.39 Å². The highest BCUT2D eigenvalue weighted by Gasteiger charge is 2.27. The average molecular weight is 313 g/mol. The Morgan fingerprint density at radius 2 is 2.17 bits per heavy atom. The van der Waals surface area contributed by atoms with Crippen molar-refractivity contribution in [3.63, 3.8) is 0 Å². The van der Waals surface area contributed by atoms with Gasteiger partial charge in [-0.2, -0.15) is 5.26 Å². The maximum absolute atomic E-state index is 13.6. The topological polar surface area (TPSA) is 44.1 Å². The molecule has 1 amide bonds. The van der Waals surface area contributed by atoms with Gasteiger partial charge in [0.25, 0.3) is 0 Å². The van der Waals surface area contributed by atoms with Crippen LogP contribution in [0.15, 0.2) is 18.2 Å². The van der Waals surface area contributed by atoms with Crippen LogP contribution >= 0.6 is 15.9 Å². The zero-order valence-electron chi connectivity index (χ0n) is 10.5. The molecule has 0 saturated carbocycles. The van der Waals surface area contributed by atoms with Crippen molar-refractivity contribution in [2.24, 2.45) is 0 Å². The molecule has 0 atom stereocenters. The zero-order chi connectivity index (χ0) is 13.9. The molecule has 0 unspecified atom stereocenters. The first kappa shape index (κ1) is 14.7. The summed E-state index contributed by atoms with van der Waals surface area (Å²) >= 11 is 3.27. The molecular formula is C13H14BrFN2O. The molecule has 0 aliphatic rings. The molecular weight excluding hydrogens is 299 g/mol. The van der Waals surface area contributed by atoms with Gasteiger partial charge in [0.1, 0.15) is 5.82 Å². The molecule has 1 aromatic carbocycles. The Morgan fingerprint density at radius 1 is 1.56 bits per heavy atom. The molecule has 0 aliphatic carbocycles. The maximum Gasteiger partial charge on any atom is 0.238 e. The Bertz CT molecular complexity index is 503. The molecule has 96 valence electrons. The smallest absolute Gasteiger partial charge is 0.238 e. The molecule has 0 bridgehead atoms. The lowest BCUT2D eigenvalue weighted by atomic mass is 10.1. The van der Waals surface area contributed by atoms with E-state index in [0.29, 0.717) is 11.1 Å². The van der Waals surface area contributed by atoms with Crippen LogP contribution in [0.3, 0.4) is 0 Å². The number of amides is 1. The number of carbonyl (C=O) groups is 1. The Hall–Kier alpha value is -1.41. The van der Waals surface area contributed by atoms with Crippen molar-refractivity contribution in [1.29, 1.82) is 5.26 Å². The first-order chi connectivity index (χ1) is 8.25. The fourth-order valence-electron chi connectivity index (χ4n) is 1.55. The summed E-state index contributed by atoms with van der Waals surface area (Å²) in [7, 11) is 1.60. The fraction of sp³-hybridized carbons (Fsp3) is 0.385. The normalized spacial score (nSPS) is 10.9. The highest BCUT2D eigenvalue weighted by Crippen LogP contribution is 2.20.